The molecule has 0 atom stereocenters. The number of hydrogen-bond acceptors (Lipinski definition) is 2. The summed E-state index contributed by atoms with van der Waals surface area (Å²) in [6, 6.07) is 0. The zero-order valence-electron chi connectivity index (χ0n) is 12.9. The lowest BCUT2D eigenvalue weighted by molar-refractivity contribution is 0.541. The van der Waals surface area contributed by atoms with E-state index in [1.807, 2.05) is 0 Å². The van der Waals surface area contributed by atoms with E-state index in [4.69, 9.17) is 0 Å². The molecule has 2 heteroatoms. The van der Waals surface area contributed by atoms with Crippen molar-refractivity contribution in [3.63, 3.8) is 0 Å². The van der Waals surface area contributed by atoms with Gasteiger partial charge in [-0.05, 0) is 39.0 Å². The smallest absolute Gasteiger partial charge is 0.00368 e. The van der Waals surface area contributed by atoms with E-state index in [9.17, 15) is 0 Å². The molecule has 0 saturated heterocycles. The number of hydrogen-bond donors (Lipinski definition) is 2. The zero-order chi connectivity index (χ0) is 13.3. The highest BCUT2D eigenvalue weighted by atomic mass is 14.9. The minimum atomic E-state index is 1.10. The Morgan fingerprint density at radius 2 is 1.00 bits per heavy atom. The molecule has 2 nitrogen and oxygen atoms in total. The predicted molar refractivity (Wildman–Crippen MR) is 83.3 cm³/mol. The lowest BCUT2D eigenvalue weighted by atomic mass is 10.1. The molecular weight excluding hydrogens is 220 g/mol. The molecule has 0 radical (unpaired) electrons. The first-order valence-corrected chi connectivity index (χ1v) is 8.33. The van der Waals surface area contributed by atoms with Crippen LogP contribution in [0.1, 0.15) is 78.1 Å². The Morgan fingerprint density at radius 1 is 0.500 bits per heavy atom. The van der Waals surface area contributed by atoms with Gasteiger partial charge in [0.05, 0.1) is 0 Å². The summed E-state index contributed by atoms with van der Waals surface area (Å²) in [5.74, 6) is 0. The second kappa shape index (κ2) is 16.9. The quantitative estimate of drug-likeness (QED) is 0.431. The summed E-state index contributed by atoms with van der Waals surface area (Å²) in [4.78, 5) is 0. The Balaban J connectivity index is 2.86. The summed E-state index contributed by atoms with van der Waals surface area (Å²) < 4.78 is 0. The summed E-state index contributed by atoms with van der Waals surface area (Å²) >= 11 is 0. The molecule has 18 heavy (non-hydrogen) atoms. The third-order valence-corrected chi connectivity index (χ3v) is 3.41. The van der Waals surface area contributed by atoms with E-state index in [1.165, 1.54) is 77.3 Å². The molecule has 0 aromatic carbocycles. The molecule has 2 N–H and O–H groups in total. The Labute approximate surface area is 115 Å². The van der Waals surface area contributed by atoms with E-state index in [0.717, 1.165) is 13.1 Å². The van der Waals surface area contributed by atoms with Crippen LogP contribution in [-0.4, -0.2) is 26.2 Å². The summed E-state index contributed by atoms with van der Waals surface area (Å²) in [6.45, 7) is 9.08. The van der Waals surface area contributed by atoms with Crippen molar-refractivity contribution in [2.45, 2.75) is 78.1 Å². The van der Waals surface area contributed by atoms with Gasteiger partial charge in [0.25, 0.3) is 0 Å². The SMILES string of the molecule is CCCCCCCCCCCNCCCNCC. The first-order valence-electron chi connectivity index (χ1n) is 8.33. The maximum absolute atomic E-state index is 3.52. The highest BCUT2D eigenvalue weighted by Gasteiger charge is 1.92. The van der Waals surface area contributed by atoms with Crippen LogP contribution in [0.25, 0.3) is 0 Å². The lowest BCUT2D eigenvalue weighted by Gasteiger charge is -2.05. The van der Waals surface area contributed by atoms with Crippen molar-refractivity contribution in [1.82, 2.24) is 10.6 Å². The third kappa shape index (κ3) is 15.9. The fourth-order valence-corrected chi connectivity index (χ4v) is 2.20. The van der Waals surface area contributed by atoms with Crippen LogP contribution < -0.4 is 10.6 Å². The summed E-state index contributed by atoms with van der Waals surface area (Å²) in [5, 5.41) is 6.87. The Hall–Kier alpha value is -0.0800. The molecule has 0 spiro atoms. The van der Waals surface area contributed by atoms with Gasteiger partial charge in [-0.25, -0.2) is 0 Å². The van der Waals surface area contributed by atoms with Gasteiger partial charge in [-0.2, -0.15) is 0 Å². The van der Waals surface area contributed by atoms with Crippen LogP contribution in [0, 0.1) is 0 Å². The van der Waals surface area contributed by atoms with Crippen molar-refractivity contribution < 1.29 is 0 Å². The van der Waals surface area contributed by atoms with E-state index in [-0.39, 0.29) is 0 Å². The van der Waals surface area contributed by atoms with Crippen molar-refractivity contribution in [2.24, 2.45) is 0 Å². The van der Waals surface area contributed by atoms with Gasteiger partial charge in [-0.1, -0.05) is 65.2 Å². The highest BCUT2D eigenvalue weighted by Crippen LogP contribution is 2.09. The molecular formula is C16H36N2. The molecule has 0 aliphatic heterocycles. The standard InChI is InChI=1S/C16H36N2/c1-3-5-6-7-8-9-10-11-12-14-18-16-13-15-17-4-2/h17-18H,3-16H2,1-2H3. The number of nitrogens with one attached hydrogen (secondary N) is 2. The van der Waals surface area contributed by atoms with E-state index in [2.05, 4.69) is 24.5 Å². The van der Waals surface area contributed by atoms with Crippen LogP contribution in [0.3, 0.4) is 0 Å². The monoisotopic (exact) mass is 256 g/mol. The van der Waals surface area contributed by atoms with Gasteiger partial charge in [0.2, 0.25) is 0 Å². The Morgan fingerprint density at radius 3 is 1.61 bits per heavy atom. The third-order valence-electron chi connectivity index (χ3n) is 3.41. The van der Waals surface area contributed by atoms with Gasteiger partial charge in [-0.15, -0.1) is 0 Å². The topological polar surface area (TPSA) is 24.1 Å². The molecule has 0 saturated carbocycles. The van der Waals surface area contributed by atoms with Gasteiger partial charge in [0.15, 0.2) is 0 Å². The molecule has 0 aliphatic rings. The van der Waals surface area contributed by atoms with Crippen molar-refractivity contribution >= 4 is 0 Å². The Bertz CT molecular complexity index is 121. The predicted octanol–water partition coefficient (Wildman–Crippen LogP) is 4.11. The molecule has 0 aromatic heterocycles. The zero-order valence-corrected chi connectivity index (χ0v) is 12.9. The average molecular weight is 256 g/mol. The maximum Gasteiger partial charge on any atom is -0.00368 e. The summed E-state index contributed by atoms with van der Waals surface area (Å²) in [6.07, 6.45) is 14.1. The van der Waals surface area contributed by atoms with E-state index in [1.54, 1.807) is 0 Å². The van der Waals surface area contributed by atoms with E-state index >= 15 is 0 Å². The maximum atomic E-state index is 3.52. The van der Waals surface area contributed by atoms with Crippen molar-refractivity contribution in [2.75, 3.05) is 26.2 Å². The first-order chi connectivity index (χ1) is 8.91. The van der Waals surface area contributed by atoms with Gasteiger partial charge < -0.3 is 10.6 Å². The van der Waals surface area contributed by atoms with E-state index in [0.29, 0.717) is 0 Å². The minimum absolute atomic E-state index is 1.10. The second-order valence-corrected chi connectivity index (χ2v) is 5.29. The fourth-order valence-electron chi connectivity index (χ4n) is 2.20. The molecule has 110 valence electrons. The largest absolute Gasteiger partial charge is 0.317 e. The normalized spacial score (nSPS) is 11.0. The van der Waals surface area contributed by atoms with Gasteiger partial charge in [-0.3, -0.25) is 0 Å². The van der Waals surface area contributed by atoms with Crippen LogP contribution in [0.2, 0.25) is 0 Å². The molecule has 0 rings (SSSR count). The van der Waals surface area contributed by atoms with Crippen LogP contribution in [0.4, 0.5) is 0 Å². The fraction of sp³-hybridized carbons (Fsp3) is 1.00. The van der Waals surface area contributed by atoms with Crippen molar-refractivity contribution in [3.05, 3.63) is 0 Å². The van der Waals surface area contributed by atoms with Crippen molar-refractivity contribution in [3.8, 4) is 0 Å². The lowest BCUT2D eigenvalue weighted by Crippen LogP contribution is -2.22. The molecule has 0 fully saturated rings. The van der Waals surface area contributed by atoms with Crippen molar-refractivity contribution in [1.29, 1.82) is 0 Å². The van der Waals surface area contributed by atoms with Gasteiger partial charge in [0, 0.05) is 0 Å². The summed E-state index contributed by atoms with van der Waals surface area (Å²) in [5.41, 5.74) is 0. The molecule has 0 heterocycles. The van der Waals surface area contributed by atoms with Crippen LogP contribution in [0.15, 0.2) is 0 Å². The Kier molecular flexibility index (Phi) is 16.8. The molecule has 0 aromatic rings. The van der Waals surface area contributed by atoms with Gasteiger partial charge >= 0.3 is 0 Å². The second-order valence-electron chi connectivity index (χ2n) is 5.29. The minimum Gasteiger partial charge on any atom is -0.317 e. The van der Waals surface area contributed by atoms with Crippen LogP contribution >= 0.6 is 0 Å². The van der Waals surface area contributed by atoms with Gasteiger partial charge in [0.1, 0.15) is 0 Å². The first kappa shape index (κ1) is 17.9. The van der Waals surface area contributed by atoms with E-state index < -0.39 is 0 Å². The van der Waals surface area contributed by atoms with Crippen LogP contribution in [-0.2, 0) is 0 Å². The summed E-state index contributed by atoms with van der Waals surface area (Å²) in [7, 11) is 0. The molecule has 0 amide bonds. The number of rotatable bonds is 15. The highest BCUT2D eigenvalue weighted by molar-refractivity contribution is 4.52. The molecule has 0 unspecified atom stereocenters. The van der Waals surface area contributed by atoms with Crippen LogP contribution in [0.5, 0.6) is 0 Å². The molecule has 0 bridgehead atoms. The number of unbranched alkanes of at least 4 members (excludes halogenated alkanes) is 8. The molecule has 0 aliphatic carbocycles. The average Bonchev–Trinajstić information content (AvgIpc) is 2.39.